The molecule has 1 heterocycles. The molecular weight excluding hydrogens is 266 g/mol. The summed E-state index contributed by atoms with van der Waals surface area (Å²) < 4.78 is 27.0. The fourth-order valence-electron chi connectivity index (χ4n) is 1.80. The number of halogens is 2. The van der Waals surface area contributed by atoms with Crippen LogP contribution in [-0.2, 0) is 13.1 Å². The number of alkyl halides is 2. The van der Waals surface area contributed by atoms with E-state index in [1.807, 2.05) is 24.4 Å². The number of hydrogen-bond acceptors (Lipinski definition) is 2. The summed E-state index contributed by atoms with van der Waals surface area (Å²) in [4.78, 5) is 0.576. The Balaban J connectivity index is 2.02. The molecule has 2 aromatic rings. The summed E-state index contributed by atoms with van der Waals surface area (Å²) in [6, 6.07) is 9.16. The minimum Gasteiger partial charge on any atom is -0.380 e. The molecule has 19 heavy (non-hydrogen) atoms. The maximum atomic E-state index is 12.4. The van der Waals surface area contributed by atoms with Gasteiger partial charge in [-0.2, -0.15) is 8.78 Å². The van der Waals surface area contributed by atoms with Gasteiger partial charge in [-0.05, 0) is 30.7 Å². The largest absolute Gasteiger partial charge is 0.380 e. The number of aryl methyl sites for hydroxylation is 1. The maximum absolute atomic E-state index is 12.4. The monoisotopic (exact) mass is 282 g/mol. The van der Waals surface area contributed by atoms with E-state index < -0.39 is 5.76 Å². The van der Waals surface area contributed by atoms with Crippen LogP contribution in [0.1, 0.15) is 12.5 Å². The van der Waals surface area contributed by atoms with Gasteiger partial charge in [0.25, 0.3) is 5.76 Å². The Hall–Kier alpha value is -1.49. The molecule has 0 amide bonds. The van der Waals surface area contributed by atoms with Crippen LogP contribution in [0.25, 0.3) is 0 Å². The number of anilines is 1. The van der Waals surface area contributed by atoms with Crippen LogP contribution in [0.3, 0.4) is 0 Å². The summed E-state index contributed by atoms with van der Waals surface area (Å²) in [6.45, 7) is 3.64. The zero-order valence-corrected chi connectivity index (χ0v) is 11.5. The highest BCUT2D eigenvalue weighted by molar-refractivity contribution is 7.99. The van der Waals surface area contributed by atoms with Gasteiger partial charge in [-0.1, -0.05) is 23.9 Å². The molecule has 5 heteroatoms. The van der Waals surface area contributed by atoms with Crippen molar-refractivity contribution in [2.45, 2.75) is 30.7 Å². The van der Waals surface area contributed by atoms with Crippen molar-refractivity contribution >= 4 is 17.4 Å². The molecule has 0 bridgehead atoms. The first-order valence-electron chi connectivity index (χ1n) is 6.11. The van der Waals surface area contributed by atoms with Crippen LogP contribution in [0.5, 0.6) is 0 Å². The van der Waals surface area contributed by atoms with Crippen molar-refractivity contribution in [2.24, 2.45) is 0 Å². The van der Waals surface area contributed by atoms with E-state index in [1.165, 1.54) is 0 Å². The second kappa shape index (κ2) is 6.61. The van der Waals surface area contributed by atoms with Crippen LogP contribution in [0.15, 0.2) is 47.6 Å². The Bertz CT molecular complexity index is 526. The summed E-state index contributed by atoms with van der Waals surface area (Å²) in [5, 5.41) is 3.20. The van der Waals surface area contributed by atoms with Crippen LogP contribution in [0.4, 0.5) is 14.5 Å². The van der Waals surface area contributed by atoms with Gasteiger partial charge in [-0.3, -0.25) is 0 Å². The van der Waals surface area contributed by atoms with Crippen molar-refractivity contribution in [1.29, 1.82) is 0 Å². The molecule has 0 saturated heterocycles. The molecule has 0 radical (unpaired) electrons. The summed E-state index contributed by atoms with van der Waals surface area (Å²) in [5.41, 5.74) is 1.88. The fourth-order valence-corrected chi connectivity index (χ4v) is 2.42. The summed E-state index contributed by atoms with van der Waals surface area (Å²) >= 11 is 0.569. The van der Waals surface area contributed by atoms with Crippen LogP contribution < -0.4 is 5.32 Å². The van der Waals surface area contributed by atoms with Gasteiger partial charge < -0.3 is 9.88 Å². The van der Waals surface area contributed by atoms with Gasteiger partial charge in [0.2, 0.25) is 0 Å². The third-order valence-electron chi connectivity index (χ3n) is 2.76. The normalized spacial score (nSPS) is 10.9. The van der Waals surface area contributed by atoms with Crippen molar-refractivity contribution < 1.29 is 8.78 Å². The minimum atomic E-state index is -2.40. The second-order valence-corrected chi connectivity index (χ2v) is 5.11. The number of rotatable bonds is 6. The summed E-state index contributed by atoms with van der Waals surface area (Å²) in [7, 11) is 0. The molecule has 1 N–H and O–H groups in total. The van der Waals surface area contributed by atoms with E-state index in [2.05, 4.69) is 23.0 Å². The lowest BCUT2D eigenvalue weighted by atomic mass is 10.3. The Labute approximate surface area is 115 Å². The van der Waals surface area contributed by atoms with E-state index in [0.717, 1.165) is 17.8 Å². The molecule has 0 atom stereocenters. The average Bonchev–Trinajstić information content (AvgIpc) is 2.85. The second-order valence-electron chi connectivity index (χ2n) is 4.08. The van der Waals surface area contributed by atoms with Crippen molar-refractivity contribution in [1.82, 2.24) is 4.57 Å². The molecule has 0 aliphatic heterocycles. The molecule has 1 aromatic carbocycles. The molecule has 1 aromatic heterocycles. The summed E-state index contributed by atoms with van der Waals surface area (Å²) in [5.74, 6) is -2.40. The number of para-hydroxylation sites is 1. The van der Waals surface area contributed by atoms with Gasteiger partial charge in [-0.15, -0.1) is 0 Å². The lowest BCUT2D eigenvalue weighted by Gasteiger charge is -2.10. The number of thioether (sulfide) groups is 1. The van der Waals surface area contributed by atoms with Gasteiger partial charge in [0.05, 0.1) is 0 Å². The fraction of sp³-hybridized carbons (Fsp3) is 0.286. The number of benzene rings is 1. The number of nitrogens with one attached hydrogen (secondary N) is 1. The molecule has 0 aliphatic rings. The zero-order chi connectivity index (χ0) is 13.7. The average molecular weight is 282 g/mol. The first-order valence-corrected chi connectivity index (χ1v) is 6.99. The van der Waals surface area contributed by atoms with Gasteiger partial charge >= 0.3 is 0 Å². The molecule has 2 rings (SSSR count). The predicted octanol–water partition coefficient (Wildman–Crippen LogP) is 4.43. The number of aromatic nitrogens is 1. The smallest absolute Gasteiger partial charge is 0.288 e. The van der Waals surface area contributed by atoms with Crippen molar-refractivity contribution in [3.8, 4) is 0 Å². The molecule has 2 nitrogen and oxygen atoms in total. The molecule has 102 valence electrons. The lowest BCUT2D eigenvalue weighted by Crippen LogP contribution is -2.00. The predicted molar refractivity (Wildman–Crippen MR) is 75.7 cm³/mol. The first kappa shape index (κ1) is 13.9. The Morgan fingerprint density at radius 1 is 1.26 bits per heavy atom. The highest BCUT2D eigenvalue weighted by atomic mass is 32.2. The van der Waals surface area contributed by atoms with E-state index in [-0.39, 0.29) is 0 Å². The molecule has 0 fully saturated rings. The lowest BCUT2D eigenvalue weighted by molar-refractivity contribution is 0.252. The molecule has 0 spiro atoms. The first-order chi connectivity index (χ1) is 9.19. The quantitative estimate of drug-likeness (QED) is 0.789. The van der Waals surface area contributed by atoms with E-state index in [4.69, 9.17) is 0 Å². The highest BCUT2D eigenvalue weighted by Gasteiger charge is 2.09. The van der Waals surface area contributed by atoms with E-state index in [1.54, 1.807) is 12.1 Å². The van der Waals surface area contributed by atoms with Crippen LogP contribution in [0.2, 0.25) is 0 Å². The van der Waals surface area contributed by atoms with Gasteiger partial charge in [0, 0.05) is 36.1 Å². The topological polar surface area (TPSA) is 17.0 Å². The van der Waals surface area contributed by atoms with E-state index in [0.29, 0.717) is 23.2 Å². The van der Waals surface area contributed by atoms with Gasteiger partial charge in [-0.25, -0.2) is 0 Å². The van der Waals surface area contributed by atoms with E-state index in [9.17, 15) is 8.78 Å². The Morgan fingerprint density at radius 2 is 2.05 bits per heavy atom. The number of nitrogens with zero attached hydrogens (tertiary/aromatic N) is 1. The third kappa shape index (κ3) is 3.99. The maximum Gasteiger partial charge on any atom is 0.288 e. The third-order valence-corrected chi connectivity index (χ3v) is 3.55. The van der Waals surface area contributed by atoms with Crippen LogP contribution >= 0.6 is 11.8 Å². The molecule has 0 aliphatic carbocycles. The SMILES string of the molecule is CCn1ccc(CNc2ccccc2SC(F)F)c1. The van der Waals surface area contributed by atoms with Crippen LogP contribution in [-0.4, -0.2) is 10.3 Å². The Kier molecular flexibility index (Phi) is 4.85. The molecular formula is C14H16F2N2S. The Morgan fingerprint density at radius 3 is 2.74 bits per heavy atom. The number of hydrogen-bond donors (Lipinski definition) is 1. The molecule has 0 unspecified atom stereocenters. The standard InChI is InChI=1S/C14H16F2N2S/c1-2-18-8-7-11(10-18)9-17-12-5-3-4-6-13(12)19-14(15)16/h3-8,10,14,17H,2,9H2,1H3. The van der Waals surface area contributed by atoms with Crippen molar-refractivity contribution in [3.63, 3.8) is 0 Å². The van der Waals surface area contributed by atoms with Gasteiger partial charge in [0.15, 0.2) is 0 Å². The molecule has 0 saturated carbocycles. The zero-order valence-electron chi connectivity index (χ0n) is 10.6. The minimum absolute atomic E-state index is 0.569. The van der Waals surface area contributed by atoms with Gasteiger partial charge in [0.1, 0.15) is 0 Å². The van der Waals surface area contributed by atoms with E-state index >= 15 is 0 Å². The summed E-state index contributed by atoms with van der Waals surface area (Å²) in [6.07, 6.45) is 4.06. The van der Waals surface area contributed by atoms with Crippen molar-refractivity contribution in [2.75, 3.05) is 5.32 Å². The van der Waals surface area contributed by atoms with Crippen molar-refractivity contribution in [3.05, 3.63) is 48.3 Å². The highest BCUT2D eigenvalue weighted by Crippen LogP contribution is 2.31. The van der Waals surface area contributed by atoms with Crippen LogP contribution in [0, 0.1) is 0 Å².